The Labute approximate surface area is 137 Å². The summed E-state index contributed by atoms with van der Waals surface area (Å²) >= 11 is 0. The molecule has 2 N–H and O–H groups in total. The van der Waals surface area contributed by atoms with Crippen LogP contribution in [0.3, 0.4) is 0 Å². The van der Waals surface area contributed by atoms with Crippen LogP contribution in [0.1, 0.15) is 30.1 Å². The van der Waals surface area contributed by atoms with Crippen molar-refractivity contribution in [2.24, 2.45) is 0 Å². The normalized spacial score (nSPS) is 12.5. The molecule has 0 radical (unpaired) electrons. The summed E-state index contributed by atoms with van der Waals surface area (Å²) in [6.07, 6.45) is 0.823. The maximum absolute atomic E-state index is 12.3. The van der Waals surface area contributed by atoms with E-state index in [1.54, 1.807) is 24.3 Å². The third kappa shape index (κ3) is 7.65. The summed E-state index contributed by atoms with van der Waals surface area (Å²) in [6, 6.07) is 6.44. The van der Waals surface area contributed by atoms with Gasteiger partial charge in [-0.1, -0.05) is 6.92 Å². The van der Waals surface area contributed by atoms with Gasteiger partial charge in [-0.15, -0.1) is 0 Å². The van der Waals surface area contributed by atoms with Gasteiger partial charge in [0, 0.05) is 5.56 Å². The van der Waals surface area contributed by atoms with Crippen LogP contribution in [0.4, 0.5) is 0 Å². The molecule has 0 aromatic heterocycles. The van der Waals surface area contributed by atoms with E-state index in [1.807, 2.05) is 28.1 Å². The minimum atomic E-state index is -0.924. The topological polar surface area (TPSA) is 75.6 Å². The molecule has 0 aliphatic rings. The maximum atomic E-state index is 12.3. The van der Waals surface area contributed by atoms with E-state index in [2.05, 4.69) is 5.32 Å². The van der Waals surface area contributed by atoms with Crippen molar-refractivity contribution in [3.63, 3.8) is 0 Å². The predicted molar refractivity (Wildman–Crippen MR) is 88.6 cm³/mol. The van der Waals surface area contributed by atoms with Gasteiger partial charge in [-0.3, -0.25) is 9.59 Å². The molecule has 1 atom stereocenters. The highest BCUT2D eigenvalue weighted by Crippen LogP contribution is 2.13. The fraction of sp³-hybridized carbons (Fsp3) is 0.529. The Morgan fingerprint density at radius 3 is 2.30 bits per heavy atom. The molecule has 0 bridgehead atoms. The highest BCUT2D eigenvalue weighted by Gasteiger charge is 2.23. The smallest absolute Gasteiger partial charge is 0.305 e. The van der Waals surface area contributed by atoms with Crippen LogP contribution in [-0.4, -0.2) is 61.8 Å². The molecule has 0 saturated heterocycles. The van der Waals surface area contributed by atoms with Crippen LogP contribution in [0.2, 0.25) is 0 Å². The Bertz CT molecular complexity index is 520. The molecule has 6 nitrogen and oxygen atoms in total. The number of carbonyl (C=O) groups is 2. The summed E-state index contributed by atoms with van der Waals surface area (Å²) in [6.45, 7) is 3.20. The molecule has 1 aromatic carbocycles. The van der Waals surface area contributed by atoms with Gasteiger partial charge in [-0.25, -0.2) is 0 Å². The zero-order chi connectivity index (χ0) is 17.5. The first-order valence-electron chi connectivity index (χ1n) is 7.77. The molecular weight excluding hydrogens is 296 g/mol. The summed E-state index contributed by atoms with van der Waals surface area (Å²) in [5.74, 6) is -0.476. The Balaban J connectivity index is 2.71. The molecule has 23 heavy (non-hydrogen) atoms. The van der Waals surface area contributed by atoms with Crippen molar-refractivity contribution < 1.29 is 23.9 Å². The van der Waals surface area contributed by atoms with Crippen molar-refractivity contribution in [3.8, 4) is 5.75 Å². The zero-order valence-electron chi connectivity index (χ0n) is 14.3. The zero-order valence-corrected chi connectivity index (χ0v) is 14.3. The number of aliphatic carboxylic acids is 1. The summed E-state index contributed by atoms with van der Waals surface area (Å²) in [4.78, 5) is 23.3. The van der Waals surface area contributed by atoms with Gasteiger partial charge >= 0.3 is 5.97 Å². The highest BCUT2D eigenvalue weighted by atomic mass is 16.5. The minimum Gasteiger partial charge on any atom is -0.494 e. The Morgan fingerprint density at radius 1 is 1.22 bits per heavy atom. The quantitative estimate of drug-likeness (QED) is 0.679. The van der Waals surface area contributed by atoms with Crippen LogP contribution in [0, 0.1) is 0 Å². The van der Waals surface area contributed by atoms with Crippen molar-refractivity contribution in [2.45, 2.75) is 25.8 Å². The third-order valence-corrected chi connectivity index (χ3v) is 3.11. The van der Waals surface area contributed by atoms with Crippen LogP contribution < -0.4 is 10.1 Å². The molecule has 0 aliphatic carbocycles. The summed E-state index contributed by atoms with van der Waals surface area (Å²) < 4.78 is 6.05. The van der Waals surface area contributed by atoms with E-state index < -0.39 is 12.0 Å². The maximum Gasteiger partial charge on any atom is 0.305 e. The number of nitrogens with zero attached hydrogens (tertiary/aromatic N) is 1. The first-order chi connectivity index (χ1) is 10.7. The van der Waals surface area contributed by atoms with Gasteiger partial charge in [0.2, 0.25) is 0 Å². The average Bonchev–Trinajstić information content (AvgIpc) is 2.43. The lowest BCUT2D eigenvalue weighted by Crippen LogP contribution is -2.49. The number of quaternary nitrogens is 1. The number of hydrogen-bond acceptors (Lipinski definition) is 3. The number of carbonyl (C=O) groups excluding carboxylic acids is 1. The van der Waals surface area contributed by atoms with Gasteiger partial charge in [0.1, 0.15) is 5.75 Å². The minimum absolute atomic E-state index is 0.0983. The molecule has 1 unspecified atom stereocenters. The molecule has 1 rings (SSSR count). The average molecular weight is 323 g/mol. The lowest BCUT2D eigenvalue weighted by molar-refractivity contribution is -0.871. The van der Waals surface area contributed by atoms with Gasteiger partial charge in [-0.2, -0.15) is 0 Å². The number of hydrogen-bond donors (Lipinski definition) is 2. The summed E-state index contributed by atoms with van der Waals surface area (Å²) in [5.41, 5.74) is 0.491. The SMILES string of the molecule is CCCOc1ccc(C(=O)NC(CC(=O)O)C[N+](C)(C)C)cc1. The number of ether oxygens (including phenoxy) is 1. The number of nitrogens with one attached hydrogen (secondary N) is 1. The van der Waals surface area contributed by atoms with Crippen LogP contribution in [0.5, 0.6) is 5.75 Å². The molecule has 1 aromatic rings. The second kappa shape index (κ2) is 8.53. The first kappa shape index (κ1) is 19.0. The van der Waals surface area contributed by atoms with Crippen LogP contribution in [-0.2, 0) is 4.79 Å². The van der Waals surface area contributed by atoms with Crippen LogP contribution >= 0.6 is 0 Å². The monoisotopic (exact) mass is 323 g/mol. The number of carboxylic acids is 1. The highest BCUT2D eigenvalue weighted by molar-refractivity contribution is 5.94. The predicted octanol–water partition coefficient (Wildman–Crippen LogP) is 1.75. The molecule has 0 saturated carbocycles. The Hall–Kier alpha value is -2.08. The number of rotatable bonds is 9. The van der Waals surface area contributed by atoms with Crippen molar-refractivity contribution in [2.75, 3.05) is 34.3 Å². The van der Waals surface area contributed by atoms with E-state index in [0.717, 1.165) is 12.2 Å². The Morgan fingerprint density at radius 2 is 1.83 bits per heavy atom. The molecule has 1 amide bonds. The van der Waals surface area contributed by atoms with Crippen LogP contribution in [0.25, 0.3) is 0 Å². The fourth-order valence-corrected chi connectivity index (χ4v) is 2.22. The molecule has 0 fully saturated rings. The van der Waals surface area contributed by atoms with Crippen molar-refractivity contribution in [1.29, 1.82) is 0 Å². The second-order valence-corrected chi connectivity index (χ2v) is 6.61. The fourth-order valence-electron chi connectivity index (χ4n) is 2.22. The lowest BCUT2D eigenvalue weighted by atomic mass is 10.1. The van der Waals surface area contributed by atoms with E-state index in [9.17, 15) is 9.59 Å². The number of carboxylic acid groups (broad SMARTS) is 1. The van der Waals surface area contributed by atoms with Crippen molar-refractivity contribution in [1.82, 2.24) is 5.32 Å². The molecular formula is C17H27N2O4+. The molecule has 0 aliphatic heterocycles. The van der Waals surface area contributed by atoms with E-state index in [4.69, 9.17) is 9.84 Å². The van der Waals surface area contributed by atoms with Crippen molar-refractivity contribution in [3.05, 3.63) is 29.8 Å². The van der Waals surface area contributed by atoms with Crippen LogP contribution in [0.15, 0.2) is 24.3 Å². The number of amides is 1. The van der Waals surface area contributed by atoms with Gasteiger partial charge in [0.25, 0.3) is 5.91 Å². The van der Waals surface area contributed by atoms with E-state index in [1.165, 1.54) is 0 Å². The summed E-state index contributed by atoms with van der Waals surface area (Å²) in [5, 5.41) is 11.8. The Kier molecular flexibility index (Phi) is 7.03. The molecule has 128 valence electrons. The van der Waals surface area contributed by atoms with Gasteiger partial charge in [0.15, 0.2) is 0 Å². The summed E-state index contributed by atoms with van der Waals surface area (Å²) in [7, 11) is 5.88. The first-order valence-corrected chi connectivity index (χ1v) is 7.77. The van der Waals surface area contributed by atoms with Crippen molar-refractivity contribution >= 4 is 11.9 Å². The number of likely N-dealkylation sites (N-methyl/N-ethyl adjacent to an activating group) is 1. The van der Waals surface area contributed by atoms with E-state index >= 15 is 0 Å². The third-order valence-electron chi connectivity index (χ3n) is 3.11. The molecule has 6 heteroatoms. The lowest BCUT2D eigenvalue weighted by Gasteiger charge is -2.29. The second-order valence-electron chi connectivity index (χ2n) is 6.61. The van der Waals surface area contributed by atoms with Gasteiger partial charge in [-0.05, 0) is 30.7 Å². The molecule has 0 spiro atoms. The standard InChI is InChI=1S/C17H26N2O4/c1-5-10-23-15-8-6-13(7-9-15)17(22)18-14(11-16(20)21)12-19(2,3)4/h6-9,14H,5,10-12H2,1-4H3,(H-,18,20,21,22)/p+1. The molecule has 0 heterocycles. The van der Waals surface area contributed by atoms with E-state index in [0.29, 0.717) is 23.2 Å². The van der Waals surface area contributed by atoms with Gasteiger partial charge in [0.05, 0.1) is 46.8 Å². The van der Waals surface area contributed by atoms with E-state index in [-0.39, 0.29) is 12.3 Å². The largest absolute Gasteiger partial charge is 0.494 e. The van der Waals surface area contributed by atoms with Gasteiger partial charge < -0.3 is 19.6 Å². The number of benzene rings is 1.